The second-order valence-electron chi connectivity index (χ2n) is 4.87. The van der Waals surface area contributed by atoms with Gasteiger partial charge in [0.05, 0.1) is 5.69 Å². The van der Waals surface area contributed by atoms with E-state index in [0.717, 1.165) is 18.0 Å². The molecule has 0 bridgehead atoms. The van der Waals surface area contributed by atoms with Gasteiger partial charge in [-0.05, 0) is 31.2 Å². The molecular formula is C14H14N2S. The molecule has 1 saturated carbocycles. The molecule has 1 N–H and O–H groups in total. The third kappa shape index (κ3) is 1.65. The fourth-order valence-electron chi connectivity index (χ4n) is 2.41. The van der Waals surface area contributed by atoms with Gasteiger partial charge < -0.3 is 5.32 Å². The summed E-state index contributed by atoms with van der Waals surface area (Å²) in [4.78, 5) is 6.23. The zero-order valence-corrected chi connectivity index (χ0v) is 10.4. The molecule has 0 saturated heterocycles. The average molecular weight is 242 g/mol. The lowest BCUT2D eigenvalue weighted by molar-refractivity contribution is 0.955. The van der Waals surface area contributed by atoms with E-state index in [0.29, 0.717) is 6.04 Å². The molecule has 0 unspecified atom stereocenters. The van der Waals surface area contributed by atoms with E-state index in [2.05, 4.69) is 29.6 Å². The Kier molecular flexibility index (Phi) is 2.03. The highest BCUT2D eigenvalue weighted by Gasteiger charge is 2.25. The molecule has 4 rings (SSSR count). The predicted molar refractivity (Wildman–Crippen MR) is 71.6 cm³/mol. The van der Waals surface area contributed by atoms with Crippen LogP contribution in [0.3, 0.4) is 0 Å². The molecule has 0 aliphatic heterocycles. The van der Waals surface area contributed by atoms with Gasteiger partial charge in [0, 0.05) is 16.5 Å². The minimum atomic E-state index is 0.692. The first-order chi connectivity index (χ1) is 8.40. The molecule has 1 aromatic heterocycles. The van der Waals surface area contributed by atoms with Crippen LogP contribution >= 0.6 is 11.3 Å². The zero-order valence-electron chi connectivity index (χ0n) is 9.57. The Bertz CT molecular complexity index is 569. The van der Waals surface area contributed by atoms with Gasteiger partial charge in [-0.3, -0.25) is 0 Å². The number of aryl methyl sites for hydroxylation is 2. The fourth-order valence-corrected chi connectivity index (χ4v) is 3.47. The van der Waals surface area contributed by atoms with Crippen molar-refractivity contribution in [1.29, 1.82) is 0 Å². The van der Waals surface area contributed by atoms with Gasteiger partial charge in [0.25, 0.3) is 0 Å². The summed E-state index contributed by atoms with van der Waals surface area (Å²) in [6.45, 7) is 0. The van der Waals surface area contributed by atoms with Crippen LogP contribution in [0.1, 0.15) is 23.3 Å². The van der Waals surface area contributed by atoms with Crippen LogP contribution in [-0.4, -0.2) is 11.0 Å². The van der Waals surface area contributed by atoms with Crippen LogP contribution in [0.25, 0.3) is 11.3 Å². The standard InChI is InChI=1S/C14H14N2S/c1-2-4-11-9(3-1)5-8-12-13(11)16-14(17-12)15-10-6-7-10/h1-4,10H,5-8H2,(H,15,16). The predicted octanol–water partition coefficient (Wildman–Crippen LogP) is 3.48. The summed E-state index contributed by atoms with van der Waals surface area (Å²) in [5.74, 6) is 0. The van der Waals surface area contributed by atoms with Crippen molar-refractivity contribution in [3.8, 4) is 11.3 Å². The monoisotopic (exact) mass is 242 g/mol. The SMILES string of the molecule is c1ccc2c(c1)CCc1sc(NC3CC3)nc1-2. The van der Waals surface area contributed by atoms with Crippen LogP contribution in [0.5, 0.6) is 0 Å². The van der Waals surface area contributed by atoms with Gasteiger partial charge in [-0.15, -0.1) is 11.3 Å². The fraction of sp³-hybridized carbons (Fsp3) is 0.357. The Balaban J connectivity index is 1.77. The second-order valence-corrected chi connectivity index (χ2v) is 5.95. The third-order valence-electron chi connectivity index (χ3n) is 3.50. The number of nitrogens with zero attached hydrogens (tertiary/aromatic N) is 1. The molecular weight excluding hydrogens is 228 g/mol. The molecule has 0 spiro atoms. The van der Waals surface area contributed by atoms with E-state index < -0.39 is 0 Å². The Morgan fingerprint density at radius 1 is 1.18 bits per heavy atom. The maximum Gasteiger partial charge on any atom is 0.183 e. The highest BCUT2D eigenvalue weighted by Crippen LogP contribution is 2.39. The molecule has 86 valence electrons. The Hall–Kier alpha value is -1.35. The number of hydrogen-bond donors (Lipinski definition) is 1. The molecule has 0 atom stereocenters. The maximum absolute atomic E-state index is 4.78. The highest BCUT2D eigenvalue weighted by atomic mass is 32.1. The lowest BCUT2D eigenvalue weighted by atomic mass is 9.94. The van der Waals surface area contributed by atoms with Gasteiger partial charge in [0.2, 0.25) is 0 Å². The highest BCUT2D eigenvalue weighted by molar-refractivity contribution is 7.16. The average Bonchev–Trinajstić information content (AvgIpc) is 3.06. The molecule has 0 amide bonds. The number of anilines is 1. The second kappa shape index (κ2) is 3.57. The molecule has 2 aliphatic rings. The Morgan fingerprint density at radius 3 is 2.94 bits per heavy atom. The van der Waals surface area contributed by atoms with Crippen LogP contribution < -0.4 is 5.32 Å². The van der Waals surface area contributed by atoms with E-state index in [1.165, 1.54) is 34.5 Å². The molecule has 0 radical (unpaired) electrons. The minimum absolute atomic E-state index is 0.692. The minimum Gasteiger partial charge on any atom is -0.359 e. The number of fused-ring (bicyclic) bond motifs is 3. The van der Waals surface area contributed by atoms with E-state index in [-0.39, 0.29) is 0 Å². The van der Waals surface area contributed by atoms with Crippen LogP contribution in [0.2, 0.25) is 0 Å². The molecule has 17 heavy (non-hydrogen) atoms. The van der Waals surface area contributed by atoms with E-state index in [9.17, 15) is 0 Å². The third-order valence-corrected chi connectivity index (χ3v) is 4.54. The summed E-state index contributed by atoms with van der Waals surface area (Å²) < 4.78 is 0. The Labute approximate surface area is 105 Å². The number of rotatable bonds is 2. The lowest BCUT2D eigenvalue weighted by Crippen LogP contribution is -2.01. The van der Waals surface area contributed by atoms with Crippen LogP contribution in [-0.2, 0) is 12.8 Å². The van der Waals surface area contributed by atoms with Crippen LogP contribution in [0, 0.1) is 0 Å². The first kappa shape index (κ1) is 9.66. The van der Waals surface area contributed by atoms with E-state index in [1.54, 1.807) is 0 Å². The van der Waals surface area contributed by atoms with Gasteiger partial charge in [-0.25, -0.2) is 4.98 Å². The molecule has 2 aromatic rings. The molecule has 1 fully saturated rings. The molecule has 2 nitrogen and oxygen atoms in total. The van der Waals surface area contributed by atoms with Crippen LogP contribution in [0.15, 0.2) is 24.3 Å². The van der Waals surface area contributed by atoms with Gasteiger partial charge >= 0.3 is 0 Å². The summed E-state index contributed by atoms with van der Waals surface area (Å²) in [6.07, 6.45) is 4.92. The van der Waals surface area contributed by atoms with E-state index in [1.807, 2.05) is 11.3 Å². The number of hydrogen-bond acceptors (Lipinski definition) is 3. The van der Waals surface area contributed by atoms with Crippen molar-refractivity contribution in [2.45, 2.75) is 31.7 Å². The number of aromatic nitrogens is 1. The first-order valence-corrected chi connectivity index (χ1v) is 7.06. The summed E-state index contributed by atoms with van der Waals surface area (Å²) in [5, 5.41) is 4.63. The summed E-state index contributed by atoms with van der Waals surface area (Å²) in [6, 6.07) is 9.36. The molecule has 1 heterocycles. The quantitative estimate of drug-likeness (QED) is 0.872. The van der Waals surface area contributed by atoms with Crippen molar-refractivity contribution in [2.24, 2.45) is 0 Å². The van der Waals surface area contributed by atoms with Crippen molar-refractivity contribution >= 4 is 16.5 Å². The zero-order chi connectivity index (χ0) is 11.2. The van der Waals surface area contributed by atoms with Gasteiger partial charge in [-0.2, -0.15) is 0 Å². The Morgan fingerprint density at radius 2 is 2.06 bits per heavy atom. The van der Waals surface area contributed by atoms with Crippen LogP contribution in [0.4, 0.5) is 5.13 Å². The molecule has 3 heteroatoms. The molecule has 2 aliphatic carbocycles. The largest absolute Gasteiger partial charge is 0.359 e. The van der Waals surface area contributed by atoms with Crippen molar-refractivity contribution in [3.63, 3.8) is 0 Å². The van der Waals surface area contributed by atoms with Gasteiger partial charge in [0.1, 0.15) is 0 Å². The lowest BCUT2D eigenvalue weighted by Gasteiger charge is -2.13. The summed E-state index contributed by atoms with van der Waals surface area (Å²) in [7, 11) is 0. The van der Waals surface area contributed by atoms with Crippen molar-refractivity contribution in [1.82, 2.24) is 4.98 Å². The topological polar surface area (TPSA) is 24.9 Å². The molecule has 1 aromatic carbocycles. The maximum atomic E-state index is 4.78. The normalized spacial score (nSPS) is 17.4. The van der Waals surface area contributed by atoms with Crippen molar-refractivity contribution < 1.29 is 0 Å². The van der Waals surface area contributed by atoms with Gasteiger partial charge in [-0.1, -0.05) is 24.3 Å². The number of thiazole rings is 1. The van der Waals surface area contributed by atoms with Crippen molar-refractivity contribution in [3.05, 3.63) is 34.7 Å². The van der Waals surface area contributed by atoms with E-state index >= 15 is 0 Å². The number of benzene rings is 1. The van der Waals surface area contributed by atoms with Crippen molar-refractivity contribution in [2.75, 3.05) is 5.32 Å². The number of nitrogens with one attached hydrogen (secondary N) is 1. The summed E-state index contributed by atoms with van der Waals surface area (Å²) in [5.41, 5.74) is 4.01. The first-order valence-electron chi connectivity index (χ1n) is 6.25. The van der Waals surface area contributed by atoms with Gasteiger partial charge in [0.15, 0.2) is 5.13 Å². The smallest absolute Gasteiger partial charge is 0.183 e. The summed E-state index contributed by atoms with van der Waals surface area (Å²) >= 11 is 1.85. The van der Waals surface area contributed by atoms with E-state index in [4.69, 9.17) is 4.98 Å².